The molecule has 1 aromatic heterocycles. The largest absolute Gasteiger partial charge is 0.493 e. The molecule has 0 radical (unpaired) electrons. The fourth-order valence-electron chi connectivity index (χ4n) is 3.43. The Labute approximate surface area is 213 Å². The average molecular weight is 497 g/mol. The number of nitrogens with one attached hydrogen (secondary N) is 1. The van der Waals surface area contributed by atoms with Crippen molar-refractivity contribution in [1.82, 2.24) is 15.4 Å². The number of carbonyl (C=O) groups excluding carboxylic acids is 2. The van der Waals surface area contributed by atoms with Gasteiger partial charge in [0.1, 0.15) is 5.75 Å². The van der Waals surface area contributed by atoms with Gasteiger partial charge in [-0.05, 0) is 42.8 Å². The van der Waals surface area contributed by atoms with E-state index >= 15 is 0 Å². The van der Waals surface area contributed by atoms with Crippen LogP contribution in [-0.2, 0) is 0 Å². The lowest BCUT2D eigenvalue weighted by atomic mass is 10.2. The van der Waals surface area contributed by atoms with Gasteiger partial charge in [-0.3, -0.25) is 4.79 Å². The molecule has 0 atom stereocenters. The average Bonchev–Trinajstić information content (AvgIpc) is 2.93. The number of hydrogen-bond acceptors (Lipinski definition) is 8. The maximum Gasteiger partial charge on any atom is 0.343 e. The summed E-state index contributed by atoms with van der Waals surface area (Å²) in [4.78, 5) is 33.9. The summed E-state index contributed by atoms with van der Waals surface area (Å²) in [6, 6.07) is 21.0. The van der Waals surface area contributed by atoms with E-state index in [0.29, 0.717) is 45.5 Å². The third kappa shape index (κ3) is 6.15. The van der Waals surface area contributed by atoms with Crippen LogP contribution >= 0.6 is 0 Å². The van der Waals surface area contributed by atoms with Gasteiger partial charge in [0.15, 0.2) is 17.3 Å². The highest BCUT2D eigenvalue weighted by molar-refractivity contribution is 5.96. The Morgan fingerprint density at radius 2 is 1.70 bits per heavy atom. The number of benzene rings is 3. The van der Waals surface area contributed by atoms with Gasteiger partial charge in [0.05, 0.1) is 37.3 Å². The molecule has 0 saturated carbocycles. The number of nitrogens with zero attached hydrogens (tertiary/aromatic N) is 3. The number of aromatic nitrogens is 2. The smallest absolute Gasteiger partial charge is 0.343 e. The van der Waals surface area contributed by atoms with Gasteiger partial charge in [-0.2, -0.15) is 5.10 Å². The highest BCUT2D eigenvalue weighted by Crippen LogP contribution is 2.28. The molecule has 0 fully saturated rings. The van der Waals surface area contributed by atoms with Crippen molar-refractivity contribution in [2.24, 2.45) is 5.10 Å². The number of aryl methyl sites for hydroxylation is 1. The number of hydrazone groups is 1. The van der Waals surface area contributed by atoms with Crippen molar-refractivity contribution in [3.8, 4) is 28.6 Å². The summed E-state index contributed by atoms with van der Waals surface area (Å²) in [7, 11) is 3.00. The second kappa shape index (κ2) is 11.6. The van der Waals surface area contributed by atoms with E-state index in [4.69, 9.17) is 14.2 Å². The lowest BCUT2D eigenvalue weighted by Crippen LogP contribution is -2.19. The molecule has 186 valence electrons. The Hall–Kier alpha value is -5.05. The molecule has 0 saturated heterocycles. The Kier molecular flexibility index (Phi) is 7.85. The number of esters is 1. The van der Waals surface area contributed by atoms with E-state index in [0.717, 1.165) is 5.56 Å². The van der Waals surface area contributed by atoms with Crippen molar-refractivity contribution in [3.63, 3.8) is 0 Å². The number of ether oxygens (including phenoxy) is 3. The molecular weight excluding hydrogens is 472 g/mol. The molecule has 1 N–H and O–H groups in total. The van der Waals surface area contributed by atoms with Crippen molar-refractivity contribution in [3.05, 3.63) is 101 Å². The van der Waals surface area contributed by atoms with E-state index in [1.807, 2.05) is 30.3 Å². The molecule has 0 bridgehead atoms. The van der Waals surface area contributed by atoms with Gasteiger partial charge in [-0.15, -0.1) is 0 Å². The van der Waals surface area contributed by atoms with E-state index in [9.17, 15) is 9.59 Å². The number of methoxy groups -OCH3 is 2. The van der Waals surface area contributed by atoms with Crippen LogP contribution in [0.3, 0.4) is 0 Å². The first kappa shape index (κ1) is 25.1. The summed E-state index contributed by atoms with van der Waals surface area (Å²) < 4.78 is 15.9. The molecule has 9 nitrogen and oxygen atoms in total. The van der Waals surface area contributed by atoms with E-state index < -0.39 is 11.9 Å². The quantitative estimate of drug-likeness (QED) is 0.166. The Balaban J connectivity index is 1.39. The minimum absolute atomic E-state index is 0.305. The predicted octanol–water partition coefficient (Wildman–Crippen LogP) is 4.45. The lowest BCUT2D eigenvalue weighted by molar-refractivity contribution is 0.0734. The third-order valence-electron chi connectivity index (χ3n) is 5.32. The fraction of sp³-hybridized carbons (Fsp3) is 0.107. The Morgan fingerprint density at radius 3 is 2.43 bits per heavy atom. The molecular formula is C28H24N4O5. The third-order valence-corrected chi connectivity index (χ3v) is 5.32. The topological polar surface area (TPSA) is 112 Å². The van der Waals surface area contributed by atoms with Gasteiger partial charge < -0.3 is 14.2 Å². The van der Waals surface area contributed by atoms with Crippen molar-refractivity contribution in [2.45, 2.75) is 6.92 Å². The summed E-state index contributed by atoms with van der Waals surface area (Å²) in [6.45, 7) is 1.74. The zero-order chi connectivity index (χ0) is 26.2. The predicted molar refractivity (Wildman–Crippen MR) is 138 cm³/mol. The molecule has 9 heteroatoms. The number of carbonyl (C=O) groups is 2. The highest BCUT2D eigenvalue weighted by atomic mass is 16.5. The van der Waals surface area contributed by atoms with Gasteiger partial charge in [0.2, 0.25) is 0 Å². The number of amides is 1. The van der Waals surface area contributed by atoms with Crippen molar-refractivity contribution >= 4 is 18.1 Å². The SMILES string of the molecule is COc1ccc(C(=O)Oc2cccc(/C=N/NC(=O)c3cnc(-c4ccccc4)nc3C)c2)cc1OC. The molecule has 0 aliphatic heterocycles. The van der Waals surface area contributed by atoms with Crippen LogP contribution in [0, 0.1) is 6.92 Å². The van der Waals surface area contributed by atoms with Crippen LogP contribution in [0.15, 0.2) is 84.1 Å². The minimum atomic E-state index is -0.558. The highest BCUT2D eigenvalue weighted by Gasteiger charge is 2.14. The van der Waals surface area contributed by atoms with Crippen molar-refractivity contribution < 1.29 is 23.8 Å². The molecule has 1 heterocycles. The fourth-order valence-corrected chi connectivity index (χ4v) is 3.43. The number of rotatable bonds is 8. The first-order valence-corrected chi connectivity index (χ1v) is 11.2. The molecule has 0 spiro atoms. The summed E-state index contributed by atoms with van der Waals surface area (Å²) in [6.07, 6.45) is 2.92. The maximum absolute atomic E-state index is 12.6. The molecule has 0 unspecified atom stereocenters. The summed E-state index contributed by atoms with van der Waals surface area (Å²) in [5, 5.41) is 4.01. The van der Waals surface area contributed by atoms with Crippen LogP contribution in [0.1, 0.15) is 32.0 Å². The molecule has 4 aromatic rings. The van der Waals surface area contributed by atoms with Gasteiger partial charge in [-0.1, -0.05) is 42.5 Å². The monoisotopic (exact) mass is 496 g/mol. The first-order valence-electron chi connectivity index (χ1n) is 11.2. The zero-order valence-electron chi connectivity index (χ0n) is 20.5. The van der Waals surface area contributed by atoms with E-state index in [-0.39, 0.29) is 0 Å². The Morgan fingerprint density at radius 1 is 0.919 bits per heavy atom. The van der Waals surface area contributed by atoms with Crippen LogP contribution in [0.25, 0.3) is 11.4 Å². The molecule has 4 rings (SSSR count). The van der Waals surface area contributed by atoms with Gasteiger partial charge in [-0.25, -0.2) is 20.2 Å². The van der Waals surface area contributed by atoms with Crippen LogP contribution in [-0.4, -0.2) is 42.3 Å². The summed E-state index contributed by atoms with van der Waals surface area (Å²) in [5.41, 5.74) is 5.11. The first-order chi connectivity index (χ1) is 18.0. The second-order valence-corrected chi connectivity index (χ2v) is 7.79. The molecule has 0 aliphatic rings. The molecule has 1 amide bonds. The summed E-state index contributed by atoms with van der Waals surface area (Å²) in [5.74, 6) is 0.785. The molecule has 3 aromatic carbocycles. The van der Waals surface area contributed by atoms with E-state index in [1.54, 1.807) is 49.4 Å². The minimum Gasteiger partial charge on any atom is -0.493 e. The Bertz CT molecular complexity index is 1450. The standard InChI is InChI=1S/C28H24N4O5/c1-18-23(17-29-26(31-18)20-9-5-4-6-10-20)27(33)32-30-16-19-8-7-11-22(14-19)37-28(34)21-12-13-24(35-2)25(15-21)36-3/h4-17H,1-3H3,(H,32,33)/b30-16+. The van der Waals surface area contributed by atoms with Crippen LogP contribution in [0.5, 0.6) is 17.2 Å². The zero-order valence-corrected chi connectivity index (χ0v) is 20.5. The number of hydrogen-bond donors (Lipinski definition) is 1. The van der Waals surface area contributed by atoms with Crippen LogP contribution in [0.4, 0.5) is 0 Å². The van der Waals surface area contributed by atoms with Gasteiger partial charge in [0.25, 0.3) is 5.91 Å². The van der Waals surface area contributed by atoms with Gasteiger partial charge in [0, 0.05) is 11.8 Å². The van der Waals surface area contributed by atoms with Crippen molar-refractivity contribution in [1.29, 1.82) is 0 Å². The normalized spacial score (nSPS) is 10.7. The second-order valence-electron chi connectivity index (χ2n) is 7.79. The molecule has 0 aliphatic carbocycles. The lowest BCUT2D eigenvalue weighted by Gasteiger charge is -2.09. The summed E-state index contributed by atoms with van der Waals surface area (Å²) >= 11 is 0. The van der Waals surface area contributed by atoms with E-state index in [1.165, 1.54) is 26.6 Å². The molecule has 37 heavy (non-hydrogen) atoms. The van der Waals surface area contributed by atoms with Crippen molar-refractivity contribution in [2.75, 3.05) is 14.2 Å². The van der Waals surface area contributed by atoms with E-state index in [2.05, 4.69) is 20.5 Å². The van der Waals surface area contributed by atoms with Crippen LogP contribution in [0.2, 0.25) is 0 Å². The maximum atomic E-state index is 12.6. The van der Waals surface area contributed by atoms with Crippen LogP contribution < -0.4 is 19.6 Å². The van der Waals surface area contributed by atoms with Gasteiger partial charge >= 0.3 is 5.97 Å².